The van der Waals surface area contributed by atoms with E-state index in [4.69, 9.17) is 0 Å². The van der Waals surface area contributed by atoms with Crippen molar-refractivity contribution in [3.05, 3.63) is 24.4 Å². The van der Waals surface area contributed by atoms with Crippen molar-refractivity contribution in [1.82, 2.24) is 10.3 Å². The fourth-order valence-electron chi connectivity index (χ4n) is 1.99. The number of hydrogen-bond acceptors (Lipinski definition) is 4. The molecule has 17 heavy (non-hydrogen) atoms. The molecule has 0 spiro atoms. The molecular weight excluding hydrogens is 260 g/mol. The summed E-state index contributed by atoms with van der Waals surface area (Å²) in [5.74, 6) is 0.428. The van der Waals surface area contributed by atoms with Gasteiger partial charge in [0.25, 0.3) is 0 Å². The third kappa shape index (κ3) is 3.94. The molecule has 1 aromatic heterocycles. The van der Waals surface area contributed by atoms with Gasteiger partial charge in [0.1, 0.15) is 0 Å². The summed E-state index contributed by atoms with van der Waals surface area (Å²) in [6.45, 7) is 1.80. The number of halogens is 1. The maximum Gasteiger partial charge on any atom is 0.195 e. The van der Waals surface area contributed by atoms with Gasteiger partial charge in [0.2, 0.25) is 0 Å². The Labute approximate surface area is 108 Å². The second kappa shape index (κ2) is 6.33. The lowest BCUT2D eigenvalue weighted by Crippen LogP contribution is -2.33. The van der Waals surface area contributed by atoms with Crippen LogP contribution in [0.2, 0.25) is 0 Å². The van der Waals surface area contributed by atoms with Gasteiger partial charge >= 0.3 is 0 Å². The second-order valence-electron chi connectivity index (χ2n) is 4.16. The van der Waals surface area contributed by atoms with Crippen molar-refractivity contribution in [3.63, 3.8) is 0 Å². The summed E-state index contributed by atoms with van der Waals surface area (Å²) in [6.07, 6.45) is 3.56. The van der Waals surface area contributed by atoms with E-state index in [2.05, 4.69) is 10.3 Å². The zero-order valence-corrected chi connectivity index (χ0v) is 11.1. The molecule has 2 heterocycles. The Balaban J connectivity index is 0.00000144. The molecule has 1 aliphatic heterocycles. The summed E-state index contributed by atoms with van der Waals surface area (Å²) >= 11 is 0. The van der Waals surface area contributed by atoms with E-state index in [-0.39, 0.29) is 29.1 Å². The molecule has 1 aliphatic rings. The molecule has 0 aromatic carbocycles. The third-order valence-corrected chi connectivity index (χ3v) is 4.60. The van der Waals surface area contributed by atoms with Gasteiger partial charge in [-0.15, -0.1) is 12.4 Å². The first-order valence-corrected chi connectivity index (χ1v) is 7.18. The van der Waals surface area contributed by atoms with E-state index < -0.39 is 9.84 Å². The highest BCUT2D eigenvalue weighted by Gasteiger charge is 2.23. The van der Waals surface area contributed by atoms with Gasteiger partial charge in [-0.05, 0) is 44.0 Å². The molecule has 0 amide bonds. The van der Waals surface area contributed by atoms with Gasteiger partial charge in [0.15, 0.2) is 14.9 Å². The van der Waals surface area contributed by atoms with Gasteiger partial charge in [0.05, 0.1) is 5.75 Å². The van der Waals surface area contributed by atoms with Crippen LogP contribution in [0.3, 0.4) is 0 Å². The SMILES string of the molecule is Cl.O=S(=O)(CC1CCCNC1)c1ccccn1. The predicted molar refractivity (Wildman–Crippen MR) is 69.1 cm³/mol. The van der Waals surface area contributed by atoms with E-state index in [1.807, 2.05) is 0 Å². The van der Waals surface area contributed by atoms with Crippen LogP contribution in [0.4, 0.5) is 0 Å². The van der Waals surface area contributed by atoms with E-state index in [1.165, 1.54) is 6.20 Å². The standard InChI is InChI=1S/C11H16N2O2S.ClH/c14-16(15,11-5-1-2-7-13-11)9-10-4-3-6-12-8-10;/h1-2,5,7,10,12H,3-4,6,8-9H2;1H. The van der Waals surface area contributed by atoms with Gasteiger partial charge < -0.3 is 5.32 Å². The van der Waals surface area contributed by atoms with Crippen LogP contribution in [0.1, 0.15) is 12.8 Å². The van der Waals surface area contributed by atoms with Crippen molar-refractivity contribution in [2.24, 2.45) is 5.92 Å². The van der Waals surface area contributed by atoms with Gasteiger partial charge in [-0.2, -0.15) is 0 Å². The summed E-state index contributed by atoms with van der Waals surface area (Å²) in [4.78, 5) is 3.91. The molecule has 1 N–H and O–H groups in total. The largest absolute Gasteiger partial charge is 0.316 e. The second-order valence-corrected chi connectivity index (χ2v) is 6.14. The Hall–Kier alpha value is -0.650. The number of piperidine rings is 1. The maximum absolute atomic E-state index is 12.0. The van der Waals surface area contributed by atoms with Gasteiger partial charge in [-0.3, -0.25) is 0 Å². The highest BCUT2D eigenvalue weighted by atomic mass is 35.5. The summed E-state index contributed by atoms with van der Waals surface area (Å²) in [6, 6.07) is 4.99. The number of nitrogens with zero attached hydrogens (tertiary/aromatic N) is 1. The molecule has 0 aliphatic carbocycles. The average Bonchev–Trinajstić information content (AvgIpc) is 2.31. The van der Waals surface area contributed by atoms with Crippen molar-refractivity contribution in [3.8, 4) is 0 Å². The highest BCUT2D eigenvalue weighted by molar-refractivity contribution is 7.91. The molecule has 0 saturated carbocycles. The lowest BCUT2D eigenvalue weighted by atomic mass is 10.0. The molecule has 0 bridgehead atoms. The van der Waals surface area contributed by atoms with E-state index in [9.17, 15) is 8.42 Å². The lowest BCUT2D eigenvalue weighted by Gasteiger charge is -2.22. The Morgan fingerprint density at radius 2 is 2.24 bits per heavy atom. The van der Waals surface area contributed by atoms with Crippen molar-refractivity contribution >= 4 is 22.2 Å². The quantitative estimate of drug-likeness (QED) is 0.903. The first kappa shape index (κ1) is 14.4. The Morgan fingerprint density at radius 1 is 1.41 bits per heavy atom. The minimum absolute atomic E-state index is 0. The number of hydrogen-bond donors (Lipinski definition) is 1. The first-order valence-electron chi connectivity index (χ1n) is 5.53. The fraction of sp³-hybridized carbons (Fsp3) is 0.545. The van der Waals surface area contributed by atoms with Crippen LogP contribution in [-0.4, -0.2) is 32.2 Å². The molecule has 0 radical (unpaired) electrons. The van der Waals surface area contributed by atoms with Gasteiger partial charge in [-0.1, -0.05) is 6.07 Å². The van der Waals surface area contributed by atoms with Crippen LogP contribution in [0.25, 0.3) is 0 Å². The number of pyridine rings is 1. The number of rotatable bonds is 3. The molecule has 1 fully saturated rings. The molecule has 1 aromatic rings. The van der Waals surface area contributed by atoms with Crippen LogP contribution in [-0.2, 0) is 9.84 Å². The molecule has 1 atom stereocenters. The summed E-state index contributed by atoms with van der Waals surface area (Å²) in [5, 5.41) is 3.42. The molecule has 4 nitrogen and oxygen atoms in total. The van der Waals surface area contributed by atoms with Crippen LogP contribution in [0.15, 0.2) is 29.4 Å². The molecule has 1 saturated heterocycles. The monoisotopic (exact) mass is 276 g/mol. The van der Waals surface area contributed by atoms with Gasteiger partial charge in [0, 0.05) is 6.20 Å². The van der Waals surface area contributed by atoms with Crippen molar-refractivity contribution in [1.29, 1.82) is 0 Å². The van der Waals surface area contributed by atoms with Crippen LogP contribution < -0.4 is 5.32 Å². The topological polar surface area (TPSA) is 59.1 Å². The third-order valence-electron chi connectivity index (χ3n) is 2.81. The van der Waals surface area contributed by atoms with E-state index in [1.54, 1.807) is 18.2 Å². The number of nitrogens with one attached hydrogen (secondary N) is 1. The first-order chi connectivity index (χ1) is 7.68. The van der Waals surface area contributed by atoms with Crippen molar-refractivity contribution < 1.29 is 8.42 Å². The Kier molecular flexibility index (Phi) is 5.36. The van der Waals surface area contributed by atoms with Gasteiger partial charge in [-0.25, -0.2) is 13.4 Å². The minimum Gasteiger partial charge on any atom is -0.316 e. The van der Waals surface area contributed by atoms with E-state index in [0.717, 1.165) is 25.9 Å². The fourth-order valence-corrected chi connectivity index (χ4v) is 3.58. The van der Waals surface area contributed by atoms with Crippen LogP contribution in [0, 0.1) is 5.92 Å². The highest BCUT2D eigenvalue weighted by Crippen LogP contribution is 2.16. The zero-order chi connectivity index (χ0) is 11.4. The lowest BCUT2D eigenvalue weighted by molar-refractivity contribution is 0.403. The molecule has 96 valence electrons. The molecule has 1 unspecified atom stereocenters. The number of sulfone groups is 1. The summed E-state index contributed by atoms with van der Waals surface area (Å²) in [7, 11) is -3.21. The summed E-state index contributed by atoms with van der Waals surface area (Å²) in [5.41, 5.74) is 0. The zero-order valence-electron chi connectivity index (χ0n) is 9.50. The van der Waals surface area contributed by atoms with Crippen LogP contribution in [0.5, 0.6) is 0 Å². The predicted octanol–water partition coefficient (Wildman–Crippen LogP) is 1.28. The van der Waals surface area contributed by atoms with Crippen molar-refractivity contribution in [2.45, 2.75) is 17.9 Å². The minimum atomic E-state index is -3.21. The average molecular weight is 277 g/mol. The molecule has 2 rings (SSSR count). The normalized spacial score (nSPS) is 20.6. The maximum atomic E-state index is 12.0. The summed E-state index contributed by atoms with van der Waals surface area (Å²) < 4.78 is 24.0. The Morgan fingerprint density at radius 3 is 2.82 bits per heavy atom. The molecule has 6 heteroatoms. The Bertz CT molecular complexity index is 430. The molecular formula is C11H17ClN2O2S. The van der Waals surface area contributed by atoms with Crippen molar-refractivity contribution in [2.75, 3.05) is 18.8 Å². The number of aromatic nitrogens is 1. The smallest absolute Gasteiger partial charge is 0.195 e. The van der Waals surface area contributed by atoms with E-state index >= 15 is 0 Å². The van der Waals surface area contributed by atoms with E-state index in [0.29, 0.717) is 0 Å². The van der Waals surface area contributed by atoms with Crippen LogP contribution >= 0.6 is 12.4 Å².